The summed E-state index contributed by atoms with van der Waals surface area (Å²) in [7, 11) is 0. The van der Waals surface area contributed by atoms with Gasteiger partial charge in [-0.25, -0.2) is 4.98 Å². The smallest absolute Gasteiger partial charge is 0.266 e. The highest BCUT2D eigenvalue weighted by Crippen LogP contribution is 2.30. The molecule has 0 unspecified atom stereocenters. The predicted molar refractivity (Wildman–Crippen MR) is 97.2 cm³/mol. The molecule has 0 amide bonds. The van der Waals surface area contributed by atoms with E-state index in [0.29, 0.717) is 10.2 Å². The third-order valence-corrected chi connectivity index (χ3v) is 5.40. The topological polar surface area (TPSA) is 60.7 Å². The maximum Gasteiger partial charge on any atom is 0.292 e. The van der Waals surface area contributed by atoms with Gasteiger partial charge in [0, 0.05) is 11.1 Å². The molecule has 0 fully saturated rings. The Morgan fingerprint density at radius 3 is 2.79 bits per heavy atom. The zero-order chi connectivity index (χ0) is 16.8. The Morgan fingerprint density at radius 1 is 1.21 bits per heavy atom. The van der Waals surface area contributed by atoms with Crippen LogP contribution in [0.2, 0.25) is 0 Å². The Bertz CT molecular complexity index is 1140. The second-order valence-corrected chi connectivity index (χ2v) is 6.81. The van der Waals surface area contributed by atoms with Crippen LogP contribution >= 0.6 is 11.3 Å². The lowest BCUT2D eigenvalue weighted by atomic mass is 10.1. The van der Waals surface area contributed by atoms with Crippen molar-refractivity contribution in [1.29, 1.82) is 0 Å². The Morgan fingerprint density at radius 2 is 2.00 bits per heavy atom. The summed E-state index contributed by atoms with van der Waals surface area (Å²) in [5.41, 5.74) is 4.42. The summed E-state index contributed by atoms with van der Waals surface area (Å²) in [6.45, 7) is 6.04. The van der Waals surface area contributed by atoms with Crippen LogP contribution in [0.4, 0.5) is 0 Å². The first-order chi connectivity index (χ1) is 11.6. The number of nitrogens with zero attached hydrogens (tertiary/aromatic N) is 4. The standard InChI is InChI=1S/C18H16N4OS/c1-4-12-7-5-6-8-14(12)22-18(23)16-15(20-21-22)13-9-10(2)11(3)19-17(13)24-16/h5-9H,4H2,1-3H3. The molecule has 4 rings (SSSR count). The highest BCUT2D eigenvalue weighted by atomic mass is 32.1. The van der Waals surface area contributed by atoms with Crippen molar-refractivity contribution in [3.63, 3.8) is 0 Å². The van der Waals surface area contributed by atoms with Crippen LogP contribution < -0.4 is 5.56 Å². The molecule has 0 atom stereocenters. The van der Waals surface area contributed by atoms with E-state index in [-0.39, 0.29) is 5.56 Å². The van der Waals surface area contributed by atoms with Crippen molar-refractivity contribution >= 4 is 31.8 Å². The number of rotatable bonds is 2. The largest absolute Gasteiger partial charge is 0.292 e. The minimum atomic E-state index is -0.140. The number of aromatic nitrogens is 4. The zero-order valence-corrected chi connectivity index (χ0v) is 14.5. The van der Waals surface area contributed by atoms with Crippen LogP contribution in [-0.2, 0) is 6.42 Å². The lowest BCUT2D eigenvalue weighted by Crippen LogP contribution is -2.22. The van der Waals surface area contributed by atoms with E-state index < -0.39 is 0 Å². The molecule has 0 N–H and O–H groups in total. The normalized spacial score (nSPS) is 11.5. The molecule has 0 bridgehead atoms. The highest BCUT2D eigenvalue weighted by Gasteiger charge is 2.16. The molecule has 0 aliphatic rings. The Kier molecular flexibility index (Phi) is 3.42. The third-order valence-electron chi connectivity index (χ3n) is 4.32. The van der Waals surface area contributed by atoms with Crippen molar-refractivity contribution in [3.8, 4) is 5.69 Å². The van der Waals surface area contributed by atoms with Crippen molar-refractivity contribution in [3.05, 3.63) is 57.5 Å². The fraction of sp³-hybridized carbons (Fsp3) is 0.222. The molecule has 0 aliphatic carbocycles. The summed E-state index contributed by atoms with van der Waals surface area (Å²) >= 11 is 1.39. The second kappa shape index (κ2) is 5.49. The molecule has 0 radical (unpaired) electrons. The van der Waals surface area contributed by atoms with Gasteiger partial charge in [-0.1, -0.05) is 30.3 Å². The van der Waals surface area contributed by atoms with Gasteiger partial charge in [0.2, 0.25) is 0 Å². The molecule has 0 spiro atoms. The summed E-state index contributed by atoms with van der Waals surface area (Å²) in [5, 5.41) is 9.43. The molecular formula is C18H16N4OS. The Hall–Kier alpha value is -2.60. The van der Waals surface area contributed by atoms with E-state index in [1.54, 1.807) is 0 Å². The average Bonchev–Trinajstić information content (AvgIpc) is 2.94. The first kappa shape index (κ1) is 15.0. The quantitative estimate of drug-likeness (QED) is 0.561. The average molecular weight is 336 g/mol. The molecule has 5 nitrogen and oxygen atoms in total. The van der Waals surface area contributed by atoms with E-state index in [1.165, 1.54) is 16.0 Å². The van der Waals surface area contributed by atoms with Crippen molar-refractivity contribution < 1.29 is 0 Å². The van der Waals surface area contributed by atoms with Crippen molar-refractivity contribution in [1.82, 2.24) is 20.0 Å². The number of thiophene rings is 1. The lowest BCUT2D eigenvalue weighted by Gasteiger charge is -2.08. The lowest BCUT2D eigenvalue weighted by molar-refractivity contribution is 0.733. The third kappa shape index (κ3) is 2.14. The van der Waals surface area contributed by atoms with Gasteiger partial charge < -0.3 is 0 Å². The predicted octanol–water partition coefficient (Wildman–Crippen LogP) is 3.57. The van der Waals surface area contributed by atoms with Gasteiger partial charge in [0.25, 0.3) is 5.56 Å². The minimum Gasteiger partial charge on any atom is -0.266 e. The summed E-state index contributed by atoms with van der Waals surface area (Å²) in [6.07, 6.45) is 0.828. The Balaban J connectivity index is 2.06. The van der Waals surface area contributed by atoms with Gasteiger partial charge in [0.1, 0.15) is 15.0 Å². The number of pyridine rings is 1. The maximum atomic E-state index is 13.0. The van der Waals surface area contributed by atoms with E-state index in [2.05, 4.69) is 22.2 Å². The molecule has 0 saturated carbocycles. The van der Waals surface area contributed by atoms with Crippen LogP contribution in [0.15, 0.2) is 35.1 Å². The Labute approximate surface area is 142 Å². The SMILES string of the molecule is CCc1ccccc1-n1nnc2c(sc3nc(C)c(C)cc32)c1=O. The van der Waals surface area contributed by atoms with E-state index >= 15 is 0 Å². The molecule has 6 heteroatoms. The van der Waals surface area contributed by atoms with Crippen LogP contribution in [0.1, 0.15) is 23.7 Å². The number of hydrogen-bond acceptors (Lipinski definition) is 5. The van der Waals surface area contributed by atoms with Gasteiger partial charge in [0.15, 0.2) is 0 Å². The van der Waals surface area contributed by atoms with Crippen LogP contribution in [0.3, 0.4) is 0 Å². The zero-order valence-electron chi connectivity index (χ0n) is 13.7. The van der Waals surface area contributed by atoms with Gasteiger partial charge in [-0.2, -0.15) is 4.68 Å². The van der Waals surface area contributed by atoms with Gasteiger partial charge in [-0.3, -0.25) is 4.79 Å². The highest BCUT2D eigenvalue weighted by molar-refractivity contribution is 7.25. The van der Waals surface area contributed by atoms with Crippen molar-refractivity contribution in [2.45, 2.75) is 27.2 Å². The summed E-state index contributed by atoms with van der Waals surface area (Å²) < 4.78 is 2.00. The van der Waals surface area contributed by atoms with Crippen LogP contribution in [-0.4, -0.2) is 20.0 Å². The number of benzene rings is 1. The van der Waals surface area contributed by atoms with Crippen molar-refractivity contribution in [2.75, 3.05) is 0 Å². The molecule has 3 aromatic heterocycles. The summed E-state index contributed by atoms with van der Waals surface area (Å²) in [4.78, 5) is 18.4. The molecule has 1 aromatic carbocycles. The number of para-hydroxylation sites is 1. The maximum absolute atomic E-state index is 13.0. The monoisotopic (exact) mass is 336 g/mol. The van der Waals surface area contributed by atoms with Crippen molar-refractivity contribution in [2.24, 2.45) is 0 Å². The molecule has 4 aromatic rings. The summed E-state index contributed by atoms with van der Waals surface area (Å²) in [6, 6.07) is 9.82. The molecule has 3 heterocycles. The summed E-state index contributed by atoms with van der Waals surface area (Å²) in [5.74, 6) is 0. The second-order valence-electron chi connectivity index (χ2n) is 5.81. The van der Waals surface area contributed by atoms with Crippen LogP contribution in [0.5, 0.6) is 0 Å². The number of fused-ring (bicyclic) bond motifs is 3. The first-order valence-electron chi connectivity index (χ1n) is 7.85. The first-order valence-corrected chi connectivity index (χ1v) is 8.66. The van der Waals surface area contributed by atoms with Crippen LogP contribution in [0, 0.1) is 13.8 Å². The molecule has 0 saturated heterocycles. The van der Waals surface area contributed by atoms with E-state index in [9.17, 15) is 4.79 Å². The van der Waals surface area contributed by atoms with Gasteiger partial charge in [-0.15, -0.1) is 16.4 Å². The van der Waals surface area contributed by atoms with E-state index in [4.69, 9.17) is 0 Å². The van der Waals surface area contributed by atoms with Crippen LogP contribution in [0.25, 0.3) is 26.1 Å². The number of hydrogen-bond donors (Lipinski definition) is 0. The van der Waals surface area contributed by atoms with Gasteiger partial charge in [0.05, 0.1) is 5.69 Å². The minimum absolute atomic E-state index is 0.140. The van der Waals surface area contributed by atoms with Gasteiger partial charge in [-0.05, 0) is 43.5 Å². The van der Waals surface area contributed by atoms with E-state index in [1.807, 2.05) is 44.2 Å². The van der Waals surface area contributed by atoms with E-state index in [0.717, 1.165) is 39.1 Å². The fourth-order valence-corrected chi connectivity index (χ4v) is 3.91. The molecular weight excluding hydrogens is 320 g/mol. The molecule has 0 aliphatic heterocycles. The molecule has 24 heavy (non-hydrogen) atoms. The molecule has 120 valence electrons. The van der Waals surface area contributed by atoms with Gasteiger partial charge >= 0.3 is 0 Å². The number of aryl methyl sites for hydroxylation is 3. The fourth-order valence-electron chi connectivity index (χ4n) is 2.84.